The Kier molecular flexibility index (Phi) is 5.57. The molecule has 0 atom stereocenters. The normalized spacial score (nSPS) is 10.8. The first-order valence-corrected chi connectivity index (χ1v) is 9.86. The zero-order valence-electron chi connectivity index (χ0n) is 16.5. The smallest absolute Gasteiger partial charge is 0.324 e. The van der Waals surface area contributed by atoms with Crippen LogP contribution in [0.15, 0.2) is 79.1 Å². The quantitative estimate of drug-likeness (QED) is 0.426. The van der Waals surface area contributed by atoms with Crippen LogP contribution >= 0.6 is 0 Å². The number of rotatable bonds is 6. The summed E-state index contributed by atoms with van der Waals surface area (Å²) >= 11 is 0. The van der Waals surface area contributed by atoms with E-state index in [9.17, 15) is 4.79 Å². The number of benzene rings is 2. The summed E-state index contributed by atoms with van der Waals surface area (Å²) in [5, 5.41) is 12.8. The van der Waals surface area contributed by atoms with E-state index >= 15 is 0 Å². The van der Waals surface area contributed by atoms with Crippen molar-refractivity contribution in [1.29, 1.82) is 5.41 Å². The average Bonchev–Trinajstić information content (AvgIpc) is 2.78. The number of anilines is 1. The molecule has 0 unspecified atom stereocenters. The number of carbonyl (C=O) groups excluding carboxylic acids is 1. The molecule has 0 spiro atoms. The van der Waals surface area contributed by atoms with Crippen molar-refractivity contribution < 1.29 is 4.79 Å². The summed E-state index contributed by atoms with van der Waals surface area (Å²) in [4.78, 5) is 16.2. The lowest BCUT2D eigenvalue weighted by Crippen LogP contribution is -2.33. The van der Waals surface area contributed by atoms with Gasteiger partial charge in [-0.15, -0.1) is 0 Å². The number of nitrogens with zero attached hydrogens (tertiary/aromatic N) is 2. The van der Waals surface area contributed by atoms with Gasteiger partial charge in [-0.05, 0) is 42.2 Å². The third kappa shape index (κ3) is 4.07. The highest BCUT2D eigenvalue weighted by molar-refractivity contribution is 5.82. The molecule has 2 aromatic heterocycles. The summed E-state index contributed by atoms with van der Waals surface area (Å²) in [6.45, 7) is 0.666. The van der Waals surface area contributed by atoms with E-state index in [0.29, 0.717) is 12.2 Å². The van der Waals surface area contributed by atoms with Gasteiger partial charge in [0, 0.05) is 29.9 Å². The molecule has 0 radical (unpaired) electrons. The standard InChI is InChI=1S/C24H23N5O/c25-23-22(15-19(16-29(23)24(26)30)17-7-2-1-3-8-17)27-13-6-9-18-12-14-28-21-11-5-4-10-20(18)21/h1-5,7-8,10-12,14-16,25,27H,6,9,13H2,(H2,26,30). The molecule has 4 rings (SSSR count). The fourth-order valence-corrected chi connectivity index (χ4v) is 3.57. The number of nitrogens with two attached hydrogens (primary N) is 1. The Balaban J connectivity index is 1.52. The monoisotopic (exact) mass is 397 g/mol. The molecule has 0 saturated heterocycles. The van der Waals surface area contributed by atoms with Crippen molar-refractivity contribution in [2.75, 3.05) is 11.9 Å². The lowest BCUT2D eigenvalue weighted by atomic mass is 10.0. The predicted molar refractivity (Wildman–Crippen MR) is 119 cm³/mol. The molecule has 0 aliphatic carbocycles. The van der Waals surface area contributed by atoms with Crippen molar-refractivity contribution in [2.24, 2.45) is 5.73 Å². The second kappa shape index (κ2) is 8.61. The van der Waals surface area contributed by atoms with Gasteiger partial charge < -0.3 is 11.1 Å². The van der Waals surface area contributed by atoms with Gasteiger partial charge in [-0.2, -0.15) is 0 Å². The topological polar surface area (TPSA) is 96.8 Å². The molecular formula is C24H23N5O. The molecule has 0 saturated carbocycles. The number of nitrogens with one attached hydrogen (secondary N) is 2. The second-order valence-electron chi connectivity index (χ2n) is 7.08. The van der Waals surface area contributed by atoms with Crippen LogP contribution in [0.3, 0.4) is 0 Å². The summed E-state index contributed by atoms with van der Waals surface area (Å²) in [5.41, 5.74) is 10.1. The van der Waals surface area contributed by atoms with Gasteiger partial charge >= 0.3 is 6.03 Å². The minimum atomic E-state index is -0.677. The van der Waals surface area contributed by atoms with Gasteiger partial charge in [0.1, 0.15) is 0 Å². The van der Waals surface area contributed by atoms with E-state index in [1.807, 2.05) is 60.8 Å². The number of primary amides is 1. The summed E-state index contributed by atoms with van der Waals surface area (Å²) < 4.78 is 1.17. The highest BCUT2D eigenvalue weighted by atomic mass is 16.2. The minimum absolute atomic E-state index is 0.0524. The highest BCUT2D eigenvalue weighted by Crippen LogP contribution is 2.21. The molecule has 6 nitrogen and oxygen atoms in total. The number of pyridine rings is 2. The van der Waals surface area contributed by atoms with Gasteiger partial charge in [-0.3, -0.25) is 15.0 Å². The van der Waals surface area contributed by atoms with Crippen molar-refractivity contribution in [3.05, 3.63) is 90.2 Å². The van der Waals surface area contributed by atoms with Crippen molar-refractivity contribution in [1.82, 2.24) is 9.55 Å². The van der Waals surface area contributed by atoms with Gasteiger partial charge in [0.05, 0.1) is 11.2 Å². The molecule has 0 aliphatic rings. The second-order valence-corrected chi connectivity index (χ2v) is 7.08. The van der Waals surface area contributed by atoms with Crippen molar-refractivity contribution in [2.45, 2.75) is 12.8 Å². The maximum atomic E-state index is 11.8. The van der Waals surface area contributed by atoms with Crippen LogP contribution in [0.5, 0.6) is 0 Å². The first-order valence-electron chi connectivity index (χ1n) is 9.86. The van der Waals surface area contributed by atoms with Crippen LogP contribution in [0.4, 0.5) is 10.5 Å². The minimum Gasteiger partial charge on any atom is -0.382 e. The molecule has 2 heterocycles. The molecular weight excluding hydrogens is 374 g/mol. The third-order valence-corrected chi connectivity index (χ3v) is 5.09. The molecule has 2 aromatic carbocycles. The number of aryl methyl sites for hydroxylation is 1. The highest BCUT2D eigenvalue weighted by Gasteiger charge is 2.09. The maximum absolute atomic E-state index is 11.8. The Morgan fingerprint density at radius 2 is 1.80 bits per heavy atom. The summed E-state index contributed by atoms with van der Waals surface area (Å²) in [6, 6.07) is 21.1. The van der Waals surface area contributed by atoms with Crippen molar-refractivity contribution in [3.63, 3.8) is 0 Å². The summed E-state index contributed by atoms with van der Waals surface area (Å²) in [7, 11) is 0. The van der Waals surface area contributed by atoms with Crippen LogP contribution in [0, 0.1) is 5.41 Å². The Morgan fingerprint density at radius 1 is 1.03 bits per heavy atom. The fraction of sp³-hybridized carbons (Fsp3) is 0.125. The van der Waals surface area contributed by atoms with Gasteiger partial charge in [0.15, 0.2) is 5.49 Å². The van der Waals surface area contributed by atoms with Crippen LogP contribution in [-0.4, -0.2) is 22.1 Å². The lowest BCUT2D eigenvalue weighted by molar-refractivity contribution is 0.249. The van der Waals surface area contributed by atoms with Gasteiger partial charge in [-0.25, -0.2) is 4.79 Å². The van der Waals surface area contributed by atoms with Gasteiger partial charge in [-0.1, -0.05) is 48.5 Å². The molecule has 4 aromatic rings. The predicted octanol–water partition coefficient (Wildman–Crippen LogP) is 4.15. The third-order valence-electron chi connectivity index (χ3n) is 5.09. The Labute approximate surface area is 174 Å². The van der Waals surface area contributed by atoms with Crippen LogP contribution in [0.2, 0.25) is 0 Å². The Bertz CT molecular complexity index is 1240. The van der Waals surface area contributed by atoms with Gasteiger partial charge in [0.25, 0.3) is 0 Å². The number of aromatic nitrogens is 2. The molecule has 0 aliphatic heterocycles. The van der Waals surface area contributed by atoms with Crippen LogP contribution in [0.25, 0.3) is 22.0 Å². The number of carbonyl (C=O) groups is 1. The molecule has 0 fully saturated rings. The first-order chi connectivity index (χ1) is 14.6. The van der Waals surface area contributed by atoms with E-state index in [1.165, 1.54) is 15.5 Å². The van der Waals surface area contributed by atoms with E-state index in [0.717, 1.165) is 29.5 Å². The van der Waals surface area contributed by atoms with E-state index in [1.54, 1.807) is 6.20 Å². The number of amides is 1. The fourth-order valence-electron chi connectivity index (χ4n) is 3.57. The number of para-hydroxylation sites is 1. The number of hydrogen-bond donors (Lipinski definition) is 3. The molecule has 1 amide bonds. The molecule has 6 heteroatoms. The zero-order valence-corrected chi connectivity index (χ0v) is 16.5. The number of hydrogen-bond acceptors (Lipinski definition) is 4. The zero-order chi connectivity index (χ0) is 20.9. The van der Waals surface area contributed by atoms with Crippen LogP contribution in [-0.2, 0) is 6.42 Å². The van der Waals surface area contributed by atoms with Gasteiger partial charge in [0.2, 0.25) is 0 Å². The van der Waals surface area contributed by atoms with E-state index in [2.05, 4.69) is 22.4 Å². The van der Waals surface area contributed by atoms with E-state index in [-0.39, 0.29) is 5.49 Å². The molecule has 0 bridgehead atoms. The Hall–Kier alpha value is -3.93. The maximum Gasteiger partial charge on any atom is 0.324 e. The van der Waals surface area contributed by atoms with Crippen LogP contribution in [0.1, 0.15) is 12.0 Å². The largest absolute Gasteiger partial charge is 0.382 e. The van der Waals surface area contributed by atoms with Crippen molar-refractivity contribution in [3.8, 4) is 11.1 Å². The van der Waals surface area contributed by atoms with E-state index in [4.69, 9.17) is 11.1 Å². The number of fused-ring (bicyclic) bond motifs is 1. The van der Waals surface area contributed by atoms with E-state index < -0.39 is 6.03 Å². The SMILES string of the molecule is N=c1c(NCCCc2ccnc3ccccc23)cc(-c2ccccc2)cn1C(N)=O. The first kappa shape index (κ1) is 19.4. The summed E-state index contributed by atoms with van der Waals surface area (Å²) in [5.74, 6) is 0. The average molecular weight is 397 g/mol. The van der Waals surface area contributed by atoms with Crippen LogP contribution < -0.4 is 16.5 Å². The van der Waals surface area contributed by atoms with Crippen molar-refractivity contribution >= 4 is 22.6 Å². The lowest BCUT2D eigenvalue weighted by Gasteiger charge is -2.13. The molecule has 150 valence electrons. The molecule has 4 N–H and O–H groups in total. The Morgan fingerprint density at radius 3 is 2.60 bits per heavy atom. The molecule has 30 heavy (non-hydrogen) atoms. The summed E-state index contributed by atoms with van der Waals surface area (Å²) in [6.07, 6.45) is 5.21.